The Morgan fingerprint density at radius 3 is 2.52 bits per heavy atom. The minimum Gasteiger partial charge on any atom is -0.352 e. The van der Waals surface area contributed by atoms with Crippen LogP contribution in [-0.4, -0.2) is 45.3 Å². The van der Waals surface area contributed by atoms with Crippen LogP contribution in [0.5, 0.6) is 0 Å². The molecule has 1 aliphatic rings. The summed E-state index contributed by atoms with van der Waals surface area (Å²) in [7, 11) is 1.85. The highest BCUT2D eigenvalue weighted by Crippen LogP contribution is 2.34. The lowest BCUT2D eigenvalue weighted by Crippen LogP contribution is -2.20. The van der Waals surface area contributed by atoms with Crippen LogP contribution in [0, 0.1) is 5.82 Å². The van der Waals surface area contributed by atoms with Crippen LogP contribution in [0.25, 0.3) is 50.0 Å². The van der Waals surface area contributed by atoms with Crippen LogP contribution in [0.15, 0.2) is 81.2 Å². The summed E-state index contributed by atoms with van der Waals surface area (Å²) >= 11 is 0. The molecule has 208 valence electrons. The minimum atomic E-state index is -0.266. The fraction of sp³-hybridized carbons (Fsp3) is 0.219. The van der Waals surface area contributed by atoms with Gasteiger partial charge in [0.05, 0.1) is 28.6 Å². The van der Waals surface area contributed by atoms with E-state index in [1.807, 2.05) is 45.2 Å². The molecular weight excluding hydrogens is 501 g/mol. The van der Waals surface area contributed by atoms with Crippen molar-refractivity contribution in [3.05, 3.63) is 98.3 Å². The Morgan fingerprint density at radius 2 is 1.80 bits per heavy atom. The summed E-state index contributed by atoms with van der Waals surface area (Å²) in [6, 6.07) is 11.2. The Kier molecular flexibility index (Phi) is 11.1. The molecule has 7 nitrogen and oxygen atoms in total. The van der Waals surface area contributed by atoms with Crippen molar-refractivity contribution in [2.75, 3.05) is 20.1 Å². The maximum Gasteiger partial charge on any atom is 0.135 e. The molecule has 4 aromatic heterocycles. The Labute approximate surface area is 235 Å². The molecule has 0 saturated carbocycles. The van der Waals surface area contributed by atoms with Gasteiger partial charge >= 0.3 is 0 Å². The van der Waals surface area contributed by atoms with Gasteiger partial charge in [-0.05, 0) is 73.1 Å². The lowest BCUT2D eigenvalue weighted by molar-refractivity contribution is 0.624. The van der Waals surface area contributed by atoms with E-state index in [1.165, 1.54) is 5.57 Å². The summed E-state index contributed by atoms with van der Waals surface area (Å²) in [6.07, 6.45) is 6.71. The number of nitrogens with zero attached hydrogens (tertiary/aromatic N) is 3. The molecule has 0 spiro atoms. The number of fused-ring (bicyclic) bond motifs is 2. The number of hydrogen-bond donors (Lipinski definition) is 4. The van der Waals surface area contributed by atoms with Crippen molar-refractivity contribution in [2.45, 2.75) is 26.8 Å². The van der Waals surface area contributed by atoms with E-state index < -0.39 is 0 Å². The second-order valence-corrected chi connectivity index (χ2v) is 8.56. The monoisotopic (exact) mass is 539 g/mol. The van der Waals surface area contributed by atoms with Crippen LogP contribution in [0.2, 0.25) is 0 Å². The summed E-state index contributed by atoms with van der Waals surface area (Å²) < 4.78 is 14.3. The second-order valence-electron chi connectivity index (χ2n) is 8.56. The lowest BCUT2D eigenvalue weighted by atomic mass is 10.0. The number of hydrogen-bond acceptors (Lipinski definition) is 5. The normalized spacial score (nSPS) is 12.3. The number of nitrogens with one attached hydrogen (secondary N) is 4. The van der Waals surface area contributed by atoms with Crippen molar-refractivity contribution in [1.29, 1.82) is 0 Å². The number of halogens is 1. The fourth-order valence-electron chi connectivity index (χ4n) is 4.64. The first kappa shape index (κ1) is 30.1. The van der Waals surface area contributed by atoms with Crippen molar-refractivity contribution in [2.24, 2.45) is 0 Å². The van der Waals surface area contributed by atoms with Gasteiger partial charge in [0, 0.05) is 30.2 Å². The molecule has 0 radical (unpaired) electrons. The molecule has 1 aliphatic heterocycles. The zero-order chi connectivity index (χ0) is 29.1. The Balaban J connectivity index is 0.000000691. The molecule has 1 aromatic carbocycles. The van der Waals surface area contributed by atoms with Gasteiger partial charge in [-0.25, -0.2) is 9.37 Å². The van der Waals surface area contributed by atoms with Crippen LogP contribution in [0.1, 0.15) is 31.5 Å². The maximum atomic E-state index is 14.3. The first-order valence-electron chi connectivity index (χ1n) is 13.4. The highest BCUT2D eigenvalue weighted by molar-refractivity contribution is 6.00. The van der Waals surface area contributed by atoms with Crippen LogP contribution in [0.3, 0.4) is 0 Å². The number of aromatic nitrogens is 5. The van der Waals surface area contributed by atoms with E-state index in [0.29, 0.717) is 6.54 Å². The number of benzene rings is 1. The SMILES string of the molecule is C=C.C=C.CC.CNCc1cc(F)cc(-c2cncc3[nH]c(-c4n[nH]c5ccc(C6=CCNCC6)nc45)cc23)c1. The molecule has 6 rings (SSSR count). The van der Waals surface area contributed by atoms with Gasteiger partial charge in [0.15, 0.2) is 0 Å². The largest absolute Gasteiger partial charge is 0.352 e. The number of H-pyrrole nitrogens is 2. The van der Waals surface area contributed by atoms with E-state index in [4.69, 9.17) is 4.98 Å². The Morgan fingerprint density at radius 1 is 1.00 bits per heavy atom. The van der Waals surface area contributed by atoms with E-state index in [-0.39, 0.29) is 5.82 Å². The van der Waals surface area contributed by atoms with Gasteiger partial charge in [0.2, 0.25) is 0 Å². The summed E-state index contributed by atoms with van der Waals surface area (Å²) in [5.41, 5.74) is 8.92. The summed E-state index contributed by atoms with van der Waals surface area (Å²) in [5, 5.41) is 15.0. The molecule has 5 heterocycles. The van der Waals surface area contributed by atoms with E-state index in [9.17, 15) is 4.39 Å². The van der Waals surface area contributed by atoms with Crippen LogP contribution in [-0.2, 0) is 6.54 Å². The topological polar surface area (TPSA) is 94.3 Å². The molecule has 4 N–H and O–H groups in total. The third-order valence-corrected chi connectivity index (χ3v) is 6.25. The molecule has 0 saturated heterocycles. The van der Waals surface area contributed by atoms with Crippen molar-refractivity contribution in [3.63, 3.8) is 0 Å². The first-order valence-corrected chi connectivity index (χ1v) is 13.4. The Bertz CT molecular complexity index is 1580. The molecular formula is C32H38FN7. The quantitative estimate of drug-likeness (QED) is 0.180. The van der Waals surface area contributed by atoms with E-state index in [2.05, 4.69) is 63.2 Å². The van der Waals surface area contributed by atoms with E-state index in [1.54, 1.807) is 24.5 Å². The molecule has 0 bridgehead atoms. The molecule has 40 heavy (non-hydrogen) atoms. The predicted octanol–water partition coefficient (Wildman–Crippen LogP) is 7.03. The smallest absolute Gasteiger partial charge is 0.135 e. The molecule has 0 aliphatic carbocycles. The van der Waals surface area contributed by atoms with Crippen molar-refractivity contribution >= 4 is 27.5 Å². The standard InChI is InChI=1S/C26H24FN7.C2H6.2C2H4/c1-28-12-15-8-17(10-18(27)9-15)20-13-30-14-24-19(20)11-23(31-24)26-25-22(33-34-26)3-2-21(32-25)16-4-6-29-7-5-16;3*1-2/h2-4,8-11,13-14,28-29,31H,5-7,12H2,1H3,(H,33,34);1-2H3;2*1-2H2. The van der Waals surface area contributed by atoms with E-state index >= 15 is 0 Å². The molecule has 0 amide bonds. The third kappa shape index (κ3) is 6.42. The molecule has 8 heteroatoms. The molecule has 0 atom stereocenters. The number of pyridine rings is 2. The molecule has 0 fully saturated rings. The van der Waals surface area contributed by atoms with Crippen LogP contribution >= 0.6 is 0 Å². The zero-order valence-electron chi connectivity index (χ0n) is 23.6. The van der Waals surface area contributed by atoms with Crippen molar-refractivity contribution < 1.29 is 4.39 Å². The van der Waals surface area contributed by atoms with Gasteiger partial charge in [-0.15, -0.1) is 26.3 Å². The van der Waals surface area contributed by atoms with Crippen LogP contribution < -0.4 is 10.6 Å². The average molecular weight is 540 g/mol. The highest BCUT2D eigenvalue weighted by atomic mass is 19.1. The van der Waals surface area contributed by atoms with Gasteiger partial charge in [-0.1, -0.05) is 19.9 Å². The first-order chi connectivity index (χ1) is 19.7. The van der Waals surface area contributed by atoms with Gasteiger partial charge < -0.3 is 15.6 Å². The van der Waals surface area contributed by atoms with Gasteiger partial charge in [0.1, 0.15) is 17.0 Å². The van der Waals surface area contributed by atoms with Crippen molar-refractivity contribution in [3.8, 4) is 22.5 Å². The summed E-state index contributed by atoms with van der Waals surface area (Å²) in [4.78, 5) is 12.8. The predicted molar refractivity (Wildman–Crippen MR) is 166 cm³/mol. The highest BCUT2D eigenvalue weighted by Gasteiger charge is 2.17. The molecule has 0 unspecified atom stereocenters. The average Bonchev–Trinajstić information content (AvgIpc) is 3.64. The summed E-state index contributed by atoms with van der Waals surface area (Å²) in [6.45, 7) is 18.4. The van der Waals surface area contributed by atoms with E-state index in [0.717, 1.165) is 75.2 Å². The van der Waals surface area contributed by atoms with Crippen LogP contribution in [0.4, 0.5) is 4.39 Å². The fourth-order valence-corrected chi connectivity index (χ4v) is 4.64. The number of rotatable bonds is 5. The van der Waals surface area contributed by atoms with Crippen molar-refractivity contribution in [1.82, 2.24) is 35.8 Å². The molecule has 5 aromatic rings. The maximum absolute atomic E-state index is 14.3. The second kappa shape index (κ2) is 14.7. The van der Waals surface area contributed by atoms with Gasteiger partial charge in [0.25, 0.3) is 0 Å². The van der Waals surface area contributed by atoms with Gasteiger partial charge in [-0.2, -0.15) is 5.10 Å². The number of aromatic amines is 2. The van der Waals surface area contributed by atoms with Gasteiger partial charge in [-0.3, -0.25) is 10.1 Å². The Hall–Kier alpha value is -4.40. The third-order valence-electron chi connectivity index (χ3n) is 6.25. The summed E-state index contributed by atoms with van der Waals surface area (Å²) in [5.74, 6) is -0.266. The lowest BCUT2D eigenvalue weighted by Gasteiger charge is -2.13. The minimum absolute atomic E-state index is 0.266. The zero-order valence-corrected chi connectivity index (χ0v) is 23.6.